The van der Waals surface area contributed by atoms with Crippen LogP contribution in [0.1, 0.15) is 49.0 Å². The van der Waals surface area contributed by atoms with E-state index in [4.69, 9.17) is 0 Å². The maximum Gasteiger partial charge on any atom is 0.166 e. The average molecular weight is 221 g/mol. The molecule has 0 radical (unpaired) electrons. The molecule has 1 aromatic rings. The van der Waals surface area contributed by atoms with E-state index in [1.807, 2.05) is 17.8 Å². The van der Waals surface area contributed by atoms with Gasteiger partial charge in [0.2, 0.25) is 0 Å². The first kappa shape index (κ1) is 11.3. The second-order valence-corrected chi connectivity index (χ2v) is 4.38. The molecule has 0 saturated carbocycles. The van der Waals surface area contributed by atoms with Crippen molar-refractivity contribution in [2.24, 2.45) is 0 Å². The van der Waals surface area contributed by atoms with Gasteiger partial charge in [0.05, 0.1) is 17.8 Å². The minimum Gasteiger partial charge on any atom is -0.315 e. The fourth-order valence-corrected chi connectivity index (χ4v) is 2.11. The summed E-state index contributed by atoms with van der Waals surface area (Å²) < 4.78 is 1.94. The molecular weight excluding hydrogens is 202 g/mol. The second kappa shape index (κ2) is 5.25. The molecule has 0 aliphatic carbocycles. The third kappa shape index (κ3) is 2.50. The maximum atomic E-state index is 11.7. The highest BCUT2D eigenvalue weighted by molar-refractivity contribution is 5.95. The first-order chi connectivity index (χ1) is 7.81. The summed E-state index contributed by atoms with van der Waals surface area (Å²) in [4.78, 5) is 11.7. The normalized spacial score (nSPS) is 20.9. The van der Waals surface area contributed by atoms with Crippen molar-refractivity contribution in [3.05, 3.63) is 18.0 Å². The zero-order chi connectivity index (χ0) is 11.4. The number of aromatic nitrogens is 2. The van der Waals surface area contributed by atoms with Crippen LogP contribution in [-0.2, 0) is 0 Å². The molecule has 1 fully saturated rings. The molecule has 0 amide bonds. The number of carbonyl (C=O) groups is 1. The van der Waals surface area contributed by atoms with E-state index < -0.39 is 0 Å². The van der Waals surface area contributed by atoms with Crippen LogP contribution in [0.5, 0.6) is 0 Å². The van der Waals surface area contributed by atoms with Crippen molar-refractivity contribution in [1.82, 2.24) is 15.1 Å². The first-order valence-corrected chi connectivity index (χ1v) is 6.09. The molecule has 1 aliphatic heterocycles. The van der Waals surface area contributed by atoms with Gasteiger partial charge in [-0.3, -0.25) is 9.48 Å². The molecule has 1 N–H and O–H groups in total. The highest BCUT2D eigenvalue weighted by atomic mass is 16.1. The van der Waals surface area contributed by atoms with E-state index in [1.54, 1.807) is 6.20 Å². The van der Waals surface area contributed by atoms with Crippen LogP contribution in [-0.4, -0.2) is 28.7 Å². The standard InChI is InChI=1S/C12H19N3O/c1-2-4-12(16)10-7-14-15(9-10)11-5-3-6-13-8-11/h7,9,11,13H,2-6,8H2,1H3. The summed E-state index contributed by atoms with van der Waals surface area (Å²) in [6, 6.07) is 0.414. The Morgan fingerprint density at radius 1 is 1.69 bits per heavy atom. The van der Waals surface area contributed by atoms with Crippen molar-refractivity contribution in [3.8, 4) is 0 Å². The summed E-state index contributed by atoms with van der Waals surface area (Å²) in [5.74, 6) is 0.206. The lowest BCUT2D eigenvalue weighted by molar-refractivity contribution is 0.0981. The zero-order valence-electron chi connectivity index (χ0n) is 9.78. The quantitative estimate of drug-likeness (QED) is 0.788. The summed E-state index contributed by atoms with van der Waals surface area (Å²) in [6.45, 7) is 4.08. The topological polar surface area (TPSA) is 46.9 Å². The smallest absolute Gasteiger partial charge is 0.166 e. The third-order valence-corrected chi connectivity index (χ3v) is 3.05. The summed E-state index contributed by atoms with van der Waals surface area (Å²) in [7, 11) is 0. The average Bonchev–Trinajstić information content (AvgIpc) is 2.80. The number of hydrogen-bond donors (Lipinski definition) is 1. The highest BCUT2D eigenvalue weighted by Crippen LogP contribution is 2.16. The van der Waals surface area contributed by atoms with Gasteiger partial charge in [0.1, 0.15) is 0 Å². The van der Waals surface area contributed by atoms with Gasteiger partial charge in [-0.2, -0.15) is 5.10 Å². The molecule has 1 atom stereocenters. The minimum absolute atomic E-state index is 0.206. The van der Waals surface area contributed by atoms with Crippen LogP contribution in [0.2, 0.25) is 0 Å². The van der Waals surface area contributed by atoms with Crippen LogP contribution in [0.4, 0.5) is 0 Å². The van der Waals surface area contributed by atoms with Crippen LogP contribution in [0.3, 0.4) is 0 Å². The number of carbonyl (C=O) groups excluding carboxylic acids is 1. The Morgan fingerprint density at radius 3 is 3.25 bits per heavy atom. The SMILES string of the molecule is CCCC(=O)c1cnn(C2CCCNC2)c1. The number of nitrogens with zero attached hydrogens (tertiary/aromatic N) is 2. The molecule has 0 spiro atoms. The van der Waals surface area contributed by atoms with E-state index in [9.17, 15) is 4.79 Å². The summed E-state index contributed by atoms with van der Waals surface area (Å²) in [6.07, 6.45) is 7.45. The summed E-state index contributed by atoms with van der Waals surface area (Å²) in [5.41, 5.74) is 0.757. The Balaban J connectivity index is 2.03. The lowest BCUT2D eigenvalue weighted by Crippen LogP contribution is -2.31. The van der Waals surface area contributed by atoms with Crippen LogP contribution >= 0.6 is 0 Å². The Labute approximate surface area is 96.0 Å². The van der Waals surface area contributed by atoms with Crippen molar-refractivity contribution in [3.63, 3.8) is 0 Å². The van der Waals surface area contributed by atoms with Gasteiger partial charge in [0.15, 0.2) is 5.78 Å². The molecule has 4 heteroatoms. The van der Waals surface area contributed by atoms with Gasteiger partial charge in [-0.15, -0.1) is 0 Å². The molecule has 4 nitrogen and oxygen atoms in total. The fraction of sp³-hybridized carbons (Fsp3) is 0.667. The Kier molecular flexibility index (Phi) is 3.72. The number of rotatable bonds is 4. The maximum absolute atomic E-state index is 11.7. The summed E-state index contributed by atoms with van der Waals surface area (Å²) in [5, 5.41) is 7.65. The van der Waals surface area contributed by atoms with Crippen molar-refractivity contribution in [2.45, 2.75) is 38.6 Å². The van der Waals surface area contributed by atoms with Crippen LogP contribution < -0.4 is 5.32 Å². The molecule has 1 aliphatic rings. The van der Waals surface area contributed by atoms with E-state index in [0.717, 1.165) is 31.5 Å². The monoisotopic (exact) mass is 221 g/mol. The van der Waals surface area contributed by atoms with Gasteiger partial charge in [-0.1, -0.05) is 6.92 Å². The number of hydrogen-bond acceptors (Lipinski definition) is 3. The lowest BCUT2D eigenvalue weighted by Gasteiger charge is -2.22. The number of Topliss-reactive ketones (excluding diaryl/α,β-unsaturated/α-hetero) is 1. The highest BCUT2D eigenvalue weighted by Gasteiger charge is 2.16. The molecule has 2 heterocycles. The van der Waals surface area contributed by atoms with Crippen LogP contribution in [0.25, 0.3) is 0 Å². The van der Waals surface area contributed by atoms with E-state index in [1.165, 1.54) is 6.42 Å². The van der Waals surface area contributed by atoms with Crippen molar-refractivity contribution in [2.75, 3.05) is 13.1 Å². The minimum atomic E-state index is 0.206. The molecule has 88 valence electrons. The fourth-order valence-electron chi connectivity index (χ4n) is 2.11. The molecule has 1 saturated heterocycles. The van der Waals surface area contributed by atoms with Crippen molar-refractivity contribution < 1.29 is 4.79 Å². The second-order valence-electron chi connectivity index (χ2n) is 4.38. The third-order valence-electron chi connectivity index (χ3n) is 3.05. The summed E-state index contributed by atoms with van der Waals surface area (Å²) >= 11 is 0. The number of piperidine rings is 1. The van der Waals surface area contributed by atoms with E-state index in [-0.39, 0.29) is 5.78 Å². The zero-order valence-corrected chi connectivity index (χ0v) is 9.78. The van der Waals surface area contributed by atoms with Gasteiger partial charge in [0, 0.05) is 19.2 Å². The Bertz CT molecular complexity index is 353. The van der Waals surface area contributed by atoms with Gasteiger partial charge in [-0.05, 0) is 25.8 Å². The Morgan fingerprint density at radius 2 is 2.56 bits per heavy atom. The molecular formula is C12H19N3O. The molecule has 16 heavy (non-hydrogen) atoms. The van der Waals surface area contributed by atoms with E-state index in [0.29, 0.717) is 12.5 Å². The van der Waals surface area contributed by atoms with Gasteiger partial charge >= 0.3 is 0 Å². The predicted octanol–water partition coefficient (Wildman–Crippen LogP) is 1.79. The predicted molar refractivity (Wildman–Crippen MR) is 62.6 cm³/mol. The molecule has 0 bridgehead atoms. The molecule has 2 rings (SSSR count). The molecule has 0 aromatic carbocycles. The van der Waals surface area contributed by atoms with Gasteiger partial charge in [-0.25, -0.2) is 0 Å². The van der Waals surface area contributed by atoms with E-state index in [2.05, 4.69) is 10.4 Å². The van der Waals surface area contributed by atoms with Gasteiger partial charge < -0.3 is 5.32 Å². The van der Waals surface area contributed by atoms with Crippen LogP contribution in [0, 0.1) is 0 Å². The molecule has 1 aromatic heterocycles. The Hall–Kier alpha value is -1.16. The number of nitrogens with one attached hydrogen (secondary N) is 1. The van der Waals surface area contributed by atoms with Crippen LogP contribution in [0.15, 0.2) is 12.4 Å². The number of ketones is 1. The lowest BCUT2D eigenvalue weighted by atomic mass is 10.1. The van der Waals surface area contributed by atoms with Crippen molar-refractivity contribution >= 4 is 5.78 Å². The van der Waals surface area contributed by atoms with Gasteiger partial charge in [0.25, 0.3) is 0 Å². The van der Waals surface area contributed by atoms with E-state index >= 15 is 0 Å². The largest absolute Gasteiger partial charge is 0.315 e. The van der Waals surface area contributed by atoms with Crippen molar-refractivity contribution in [1.29, 1.82) is 0 Å². The molecule has 1 unspecified atom stereocenters. The first-order valence-electron chi connectivity index (χ1n) is 6.09.